The van der Waals surface area contributed by atoms with E-state index in [1.54, 1.807) is 0 Å². The molecule has 1 aromatic rings. The molecule has 7 heteroatoms. The van der Waals surface area contributed by atoms with Crippen LogP contribution in [0, 0.1) is 0 Å². The molecule has 0 radical (unpaired) electrons. The Morgan fingerprint density at radius 1 is 1.12 bits per heavy atom. The summed E-state index contributed by atoms with van der Waals surface area (Å²) in [5, 5.41) is 27.1. The molecule has 1 aromatic carbocycles. The van der Waals surface area contributed by atoms with Gasteiger partial charge in [0.2, 0.25) is 0 Å². The minimum absolute atomic E-state index is 0.248. The Labute approximate surface area is 150 Å². The monoisotopic (exact) mass is 350 g/mol. The van der Waals surface area contributed by atoms with Crippen molar-refractivity contribution in [3.05, 3.63) is 35.9 Å². The zero-order chi connectivity index (χ0) is 18.7. The van der Waals surface area contributed by atoms with Crippen molar-refractivity contribution < 1.29 is 19.9 Å². The van der Waals surface area contributed by atoms with Crippen molar-refractivity contribution in [2.24, 2.45) is 5.73 Å². The number of nitrogens with two attached hydrogens (primary N) is 1. The number of aliphatic carboxylic acids is 1. The number of benzene rings is 1. The molecular weight excluding hydrogens is 319 g/mol. The fourth-order valence-corrected chi connectivity index (χ4v) is 2.85. The van der Waals surface area contributed by atoms with Crippen LogP contribution in [0.4, 0.5) is 0 Å². The second-order valence-electron chi connectivity index (χ2n) is 6.83. The van der Waals surface area contributed by atoms with Crippen molar-refractivity contribution in [1.82, 2.24) is 4.90 Å². The number of hydrogen-bond acceptors (Lipinski definition) is 5. The molecule has 0 aliphatic heterocycles. The molecule has 0 bridgehead atoms. The molecule has 1 rings (SSSR count). The van der Waals surface area contributed by atoms with Gasteiger partial charge in [0, 0.05) is 6.54 Å². The van der Waals surface area contributed by atoms with E-state index in [1.807, 2.05) is 25.2 Å². The van der Waals surface area contributed by atoms with Crippen LogP contribution < -0.4 is 5.73 Å². The first-order valence-electron chi connectivity index (χ1n) is 8.94. The average Bonchev–Trinajstić information content (AvgIpc) is 2.57. The van der Waals surface area contributed by atoms with Crippen LogP contribution in [0.5, 0.6) is 0 Å². The summed E-state index contributed by atoms with van der Waals surface area (Å²) in [6.45, 7) is 1.72. The van der Waals surface area contributed by atoms with Gasteiger partial charge in [-0.05, 0) is 51.2 Å². The summed E-state index contributed by atoms with van der Waals surface area (Å²) in [7, 11) is 0.695. The van der Waals surface area contributed by atoms with Crippen LogP contribution >= 0.6 is 0 Å². The Morgan fingerprint density at radius 2 is 1.76 bits per heavy atom. The highest BCUT2D eigenvalue weighted by molar-refractivity contribution is 6.40. The van der Waals surface area contributed by atoms with Crippen LogP contribution in [0.3, 0.4) is 0 Å². The number of likely N-dealkylation sites (N-methyl/N-ethyl adjacent to an activating group) is 1. The molecule has 6 nitrogen and oxygen atoms in total. The van der Waals surface area contributed by atoms with Crippen molar-refractivity contribution in [1.29, 1.82) is 0 Å². The quantitative estimate of drug-likeness (QED) is 0.316. The Morgan fingerprint density at radius 3 is 2.36 bits per heavy atom. The number of rotatable bonds is 13. The van der Waals surface area contributed by atoms with Crippen LogP contribution in [0.2, 0.25) is 6.32 Å². The highest BCUT2D eigenvalue weighted by atomic mass is 16.4. The summed E-state index contributed by atoms with van der Waals surface area (Å²) in [6, 6.07) is 10.3. The molecule has 0 amide bonds. The van der Waals surface area contributed by atoms with E-state index in [9.17, 15) is 9.90 Å². The topological polar surface area (TPSA) is 107 Å². The number of nitrogens with zero attached hydrogens (tertiary/aromatic N) is 1. The van der Waals surface area contributed by atoms with Gasteiger partial charge in [-0.2, -0.15) is 0 Å². The summed E-state index contributed by atoms with van der Waals surface area (Å²) in [6.07, 6.45) is 3.83. The van der Waals surface area contributed by atoms with Gasteiger partial charge in [-0.25, -0.2) is 0 Å². The standard InChI is InChI=1S/C18H31BN2O4/c1-21(15-10-16-8-3-2-4-9-16)14-7-12-18(20,17(22)23)11-5-6-13-19(24)25/h2-4,8-9,24-25H,5-7,10-15,20H2,1H3,(H,22,23). The van der Waals surface area contributed by atoms with Crippen LogP contribution in [-0.2, 0) is 11.2 Å². The zero-order valence-corrected chi connectivity index (χ0v) is 15.1. The predicted molar refractivity (Wildman–Crippen MR) is 100 cm³/mol. The molecule has 5 N–H and O–H groups in total. The van der Waals surface area contributed by atoms with Gasteiger partial charge in [-0.15, -0.1) is 0 Å². The van der Waals surface area contributed by atoms with Crippen molar-refractivity contribution in [2.75, 3.05) is 20.1 Å². The maximum atomic E-state index is 11.5. The number of carboxylic acid groups (broad SMARTS) is 1. The maximum Gasteiger partial charge on any atom is 0.451 e. The summed E-state index contributed by atoms with van der Waals surface area (Å²) in [5.74, 6) is -0.982. The van der Waals surface area contributed by atoms with Crippen molar-refractivity contribution >= 4 is 13.1 Å². The van der Waals surface area contributed by atoms with E-state index < -0.39 is 18.6 Å². The highest BCUT2D eigenvalue weighted by Crippen LogP contribution is 2.19. The lowest BCUT2D eigenvalue weighted by Crippen LogP contribution is -2.48. The van der Waals surface area contributed by atoms with E-state index in [1.165, 1.54) is 5.56 Å². The minimum Gasteiger partial charge on any atom is -0.480 e. The van der Waals surface area contributed by atoms with Crippen LogP contribution in [0.1, 0.15) is 37.7 Å². The van der Waals surface area contributed by atoms with Crippen molar-refractivity contribution in [3.8, 4) is 0 Å². The first-order valence-corrected chi connectivity index (χ1v) is 8.94. The van der Waals surface area contributed by atoms with Gasteiger partial charge in [0.05, 0.1) is 0 Å². The smallest absolute Gasteiger partial charge is 0.451 e. The lowest BCUT2D eigenvalue weighted by molar-refractivity contribution is -0.144. The Balaban J connectivity index is 2.29. The third-order valence-electron chi connectivity index (χ3n) is 4.55. The zero-order valence-electron chi connectivity index (χ0n) is 15.1. The molecule has 0 saturated carbocycles. The van der Waals surface area contributed by atoms with Crippen LogP contribution in [0.15, 0.2) is 30.3 Å². The molecule has 0 aliphatic rings. The maximum absolute atomic E-state index is 11.5. The van der Waals surface area contributed by atoms with E-state index >= 15 is 0 Å². The van der Waals surface area contributed by atoms with E-state index in [0.29, 0.717) is 25.7 Å². The number of carbonyl (C=O) groups is 1. The van der Waals surface area contributed by atoms with Gasteiger partial charge in [0.15, 0.2) is 0 Å². The second-order valence-corrected chi connectivity index (χ2v) is 6.83. The van der Waals surface area contributed by atoms with Crippen LogP contribution in [-0.4, -0.2) is 58.8 Å². The molecule has 0 aliphatic carbocycles. The summed E-state index contributed by atoms with van der Waals surface area (Å²) in [4.78, 5) is 13.7. The van der Waals surface area contributed by atoms with Gasteiger partial charge < -0.3 is 25.8 Å². The van der Waals surface area contributed by atoms with Crippen LogP contribution in [0.25, 0.3) is 0 Å². The highest BCUT2D eigenvalue weighted by Gasteiger charge is 2.32. The van der Waals surface area contributed by atoms with E-state index in [2.05, 4.69) is 17.0 Å². The molecule has 0 saturated heterocycles. The molecule has 0 spiro atoms. The number of unbranched alkanes of at least 4 members (excludes halogenated alkanes) is 1. The van der Waals surface area contributed by atoms with Crippen molar-refractivity contribution in [3.63, 3.8) is 0 Å². The Bertz CT molecular complexity index is 501. The minimum atomic E-state index is -1.34. The molecule has 1 atom stereocenters. The summed E-state index contributed by atoms with van der Waals surface area (Å²) < 4.78 is 0. The SMILES string of the molecule is CN(CCCC(N)(CCCCB(O)O)C(=O)O)CCc1ccccc1. The van der Waals surface area contributed by atoms with E-state index in [0.717, 1.165) is 25.9 Å². The predicted octanol–water partition coefficient (Wildman–Crippen LogP) is 1.37. The summed E-state index contributed by atoms with van der Waals surface area (Å²) in [5.41, 5.74) is 6.12. The van der Waals surface area contributed by atoms with Gasteiger partial charge >= 0.3 is 13.1 Å². The average molecular weight is 350 g/mol. The molecule has 0 heterocycles. The molecule has 140 valence electrons. The fraction of sp³-hybridized carbons (Fsp3) is 0.611. The Kier molecular flexibility index (Phi) is 9.74. The normalized spacial score (nSPS) is 13.6. The molecule has 0 fully saturated rings. The largest absolute Gasteiger partial charge is 0.480 e. The lowest BCUT2D eigenvalue weighted by atomic mass is 9.81. The van der Waals surface area contributed by atoms with Gasteiger partial charge in [-0.1, -0.05) is 43.2 Å². The third kappa shape index (κ3) is 9.02. The van der Waals surface area contributed by atoms with Gasteiger partial charge in [0.1, 0.15) is 5.54 Å². The summed E-state index contributed by atoms with van der Waals surface area (Å²) >= 11 is 0. The van der Waals surface area contributed by atoms with E-state index in [-0.39, 0.29) is 6.32 Å². The first-order chi connectivity index (χ1) is 11.8. The first kappa shape index (κ1) is 21.6. The second kappa shape index (κ2) is 11.3. The molecule has 1 unspecified atom stereocenters. The lowest BCUT2D eigenvalue weighted by Gasteiger charge is -2.26. The third-order valence-corrected chi connectivity index (χ3v) is 4.55. The Hall–Kier alpha value is -1.41. The number of carboxylic acids is 1. The fourth-order valence-electron chi connectivity index (χ4n) is 2.85. The molecule has 25 heavy (non-hydrogen) atoms. The van der Waals surface area contributed by atoms with Gasteiger partial charge in [0.25, 0.3) is 0 Å². The molecule has 0 aromatic heterocycles. The number of hydrogen-bond donors (Lipinski definition) is 4. The van der Waals surface area contributed by atoms with Gasteiger partial charge in [-0.3, -0.25) is 4.79 Å². The molecular formula is C18H31BN2O4. The van der Waals surface area contributed by atoms with Crippen molar-refractivity contribution in [2.45, 2.75) is 50.4 Å². The van der Waals surface area contributed by atoms with E-state index in [4.69, 9.17) is 15.8 Å².